The predicted octanol–water partition coefficient (Wildman–Crippen LogP) is 5.59. The van der Waals surface area contributed by atoms with E-state index in [9.17, 15) is 31.5 Å². The molecule has 1 atom stereocenters. The average Bonchev–Trinajstić information content (AvgIpc) is 2.85. The minimum Gasteiger partial charge on any atom is -0.465 e. The van der Waals surface area contributed by atoms with Crippen molar-refractivity contribution in [3.05, 3.63) is 65.2 Å². The van der Waals surface area contributed by atoms with Gasteiger partial charge < -0.3 is 19.7 Å². The standard InChI is InChI=1S/C24H25F5N2O4/c1-34-22(32)17-7-8-18(24(27,28)29)19(13-17)30-20(21(25)26)16-9-11-31(12-10-16)23(33)35-14-15-5-3-2-4-6-15/h2-8,13,16,20-21,30H,9-12,14H2,1H3/t20-/m1/s1. The number of carbonyl (C=O) groups excluding carboxylic acids is 2. The molecule has 190 valence electrons. The van der Waals surface area contributed by atoms with Crippen molar-refractivity contribution < 1.29 is 41.0 Å². The van der Waals surface area contributed by atoms with Crippen molar-refractivity contribution in [1.29, 1.82) is 0 Å². The first-order valence-corrected chi connectivity index (χ1v) is 10.9. The summed E-state index contributed by atoms with van der Waals surface area (Å²) in [5.41, 5.74) is -1.20. The van der Waals surface area contributed by atoms with Gasteiger partial charge in [0.1, 0.15) is 6.61 Å². The monoisotopic (exact) mass is 500 g/mol. The van der Waals surface area contributed by atoms with Gasteiger partial charge in [-0.05, 0) is 42.5 Å². The summed E-state index contributed by atoms with van der Waals surface area (Å²) >= 11 is 0. The summed E-state index contributed by atoms with van der Waals surface area (Å²) in [4.78, 5) is 25.5. The van der Waals surface area contributed by atoms with Crippen molar-refractivity contribution in [2.75, 3.05) is 25.5 Å². The van der Waals surface area contributed by atoms with Crippen LogP contribution in [0.5, 0.6) is 0 Å². The first kappa shape index (κ1) is 26.2. The topological polar surface area (TPSA) is 67.9 Å². The van der Waals surface area contributed by atoms with E-state index in [-0.39, 0.29) is 38.1 Å². The van der Waals surface area contributed by atoms with Crippen molar-refractivity contribution in [3.8, 4) is 0 Å². The van der Waals surface area contributed by atoms with Gasteiger partial charge in [0.15, 0.2) is 0 Å². The maximum Gasteiger partial charge on any atom is 0.418 e. The lowest BCUT2D eigenvalue weighted by Crippen LogP contribution is -2.45. The fourth-order valence-electron chi connectivity index (χ4n) is 3.97. The van der Waals surface area contributed by atoms with Crippen molar-refractivity contribution in [2.45, 2.75) is 38.1 Å². The number of nitrogens with zero attached hydrogens (tertiary/aromatic N) is 1. The Bertz CT molecular complexity index is 1010. The number of hydrogen-bond donors (Lipinski definition) is 1. The van der Waals surface area contributed by atoms with Gasteiger partial charge in [0.25, 0.3) is 6.43 Å². The van der Waals surface area contributed by atoms with Gasteiger partial charge >= 0.3 is 18.2 Å². The highest BCUT2D eigenvalue weighted by molar-refractivity contribution is 5.90. The van der Waals surface area contributed by atoms with Crippen LogP contribution in [-0.4, -0.2) is 49.6 Å². The number of amides is 1. The largest absolute Gasteiger partial charge is 0.465 e. The zero-order valence-electron chi connectivity index (χ0n) is 18.9. The number of alkyl halides is 5. The summed E-state index contributed by atoms with van der Waals surface area (Å²) in [5, 5.41) is 2.32. The zero-order chi connectivity index (χ0) is 25.6. The Morgan fingerprint density at radius 3 is 2.31 bits per heavy atom. The SMILES string of the molecule is COC(=O)c1ccc(C(F)(F)F)c(N[C@@H](C(F)F)C2CCN(C(=O)OCc3ccccc3)CC2)c1. The smallest absolute Gasteiger partial charge is 0.418 e. The Kier molecular flexibility index (Phi) is 8.52. The highest BCUT2D eigenvalue weighted by Gasteiger charge is 2.38. The number of carbonyl (C=O) groups is 2. The molecule has 0 bridgehead atoms. The third-order valence-corrected chi connectivity index (χ3v) is 5.85. The average molecular weight is 500 g/mol. The van der Waals surface area contributed by atoms with Crippen molar-refractivity contribution in [1.82, 2.24) is 4.90 Å². The number of nitrogens with one attached hydrogen (secondary N) is 1. The number of likely N-dealkylation sites (tertiary alicyclic amines) is 1. The van der Waals surface area contributed by atoms with Crippen LogP contribution in [0.1, 0.15) is 34.3 Å². The Morgan fingerprint density at radius 1 is 1.09 bits per heavy atom. The maximum atomic E-state index is 13.9. The summed E-state index contributed by atoms with van der Waals surface area (Å²) in [6.07, 6.45) is -8.12. The molecule has 2 aromatic carbocycles. The lowest BCUT2D eigenvalue weighted by atomic mass is 9.89. The number of anilines is 1. The van der Waals surface area contributed by atoms with Crippen LogP contribution in [0.25, 0.3) is 0 Å². The van der Waals surface area contributed by atoms with E-state index in [1.54, 1.807) is 24.3 Å². The van der Waals surface area contributed by atoms with Gasteiger partial charge in [-0.3, -0.25) is 0 Å². The molecule has 11 heteroatoms. The van der Waals surface area contributed by atoms with E-state index >= 15 is 0 Å². The van der Waals surface area contributed by atoms with Crippen LogP contribution in [-0.2, 0) is 22.3 Å². The summed E-state index contributed by atoms with van der Waals surface area (Å²) in [6.45, 7) is 0.312. The van der Waals surface area contributed by atoms with E-state index in [4.69, 9.17) is 4.74 Å². The molecule has 0 aromatic heterocycles. The molecule has 0 aliphatic carbocycles. The van der Waals surface area contributed by atoms with E-state index < -0.39 is 47.9 Å². The molecule has 0 radical (unpaired) electrons. The lowest BCUT2D eigenvalue weighted by Gasteiger charge is -2.36. The Hall–Kier alpha value is -3.37. The molecule has 1 aliphatic heterocycles. The van der Waals surface area contributed by atoms with Crippen LogP contribution < -0.4 is 5.32 Å². The molecule has 1 aliphatic rings. The number of ether oxygens (including phenoxy) is 2. The van der Waals surface area contributed by atoms with E-state index in [1.807, 2.05) is 6.07 Å². The molecule has 1 N–H and O–H groups in total. The van der Waals surface area contributed by atoms with E-state index in [0.29, 0.717) is 6.07 Å². The second-order valence-corrected chi connectivity index (χ2v) is 8.12. The van der Waals surface area contributed by atoms with Crippen LogP contribution in [0.2, 0.25) is 0 Å². The molecule has 35 heavy (non-hydrogen) atoms. The first-order valence-electron chi connectivity index (χ1n) is 10.9. The predicted molar refractivity (Wildman–Crippen MR) is 117 cm³/mol. The highest BCUT2D eigenvalue weighted by Crippen LogP contribution is 2.37. The Balaban J connectivity index is 1.68. The van der Waals surface area contributed by atoms with Gasteiger partial charge in [-0.25, -0.2) is 18.4 Å². The summed E-state index contributed by atoms with van der Waals surface area (Å²) in [7, 11) is 1.06. The number of methoxy groups -OCH3 is 1. The molecule has 1 fully saturated rings. The maximum absolute atomic E-state index is 13.9. The minimum absolute atomic E-state index is 0.0670. The minimum atomic E-state index is -4.82. The fraction of sp³-hybridized carbons (Fsp3) is 0.417. The van der Waals surface area contributed by atoms with Crippen LogP contribution in [0.3, 0.4) is 0 Å². The second-order valence-electron chi connectivity index (χ2n) is 8.12. The van der Waals surface area contributed by atoms with Gasteiger partial charge in [0.05, 0.1) is 24.3 Å². The molecule has 1 saturated heterocycles. The molecule has 0 spiro atoms. The molecule has 0 unspecified atom stereocenters. The molecule has 2 aromatic rings. The summed E-state index contributed by atoms with van der Waals surface area (Å²) in [5.74, 6) is -1.60. The number of rotatable bonds is 7. The van der Waals surface area contributed by atoms with Gasteiger partial charge in [-0.2, -0.15) is 13.2 Å². The van der Waals surface area contributed by atoms with Crippen LogP contribution in [0.15, 0.2) is 48.5 Å². The number of piperidine rings is 1. The number of benzene rings is 2. The first-order chi connectivity index (χ1) is 16.6. The number of hydrogen-bond acceptors (Lipinski definition) is 5. The van der Waals surface area contributed by atoms with Gasteiger partial charge in [0.2, 0.25) is 0 Å². The second kappa shape index (κ2) is 11.4. The molecule has 0 saturated carbocycles. The number of esters is 1. The van der Waals surface area contributed by atoms with E-state index in [0.717, 1.165) is 24.8 Å². The zero-order valence-corrected chi connectivity index (χ0v) is 18.9. The van der Waals surface area contributed by atoms with Crippen molar-refractivity contribution in [2.24, 2.45) is 5.92 Å². The van der Waals surface area contributed by atoms with Gasteiger partial charge in [-0.1, -0.05) is 30.3 Å². The highest BCUT2D eigenvalue weighted by atomic mass is 19.4. The van der Waals surface area contributed by atoms with Gasteiger partial charge in [-0.15, -0.1) is 0 Å². The lowest BCUT2D eigenvalue weighted by molar-refractivity contribution is -0.137. The van der Waals surface area contributed by atoms with Crippen molar-refractivity contribution >= 4 is 17.7 Å². The van der Waals surface area contributed by atoms with Crippen LogP contribution >= 0.6 is 0 Å². The normalized spacial score (nSPS) is 15.6. The van der Waals surface area contributed by atoms with Gasteiger partial charge in [0, 0.05) is 18.8 Å². The summed E-state index contributed by atoms with van der Waals surface area (Å²) < 4.78 is 78.1. The quantitative estimate of drug-likeness (QED) is 0.397. The molecular weight excluding hydrogens is 475 g/mol. The molecular formula is C24H25F5N2O4. The molecule has 1 heterocycles. The van der Waals surface area contributed by atoms with Crippen molar-refractivity contribution in [3.63, 3.8) is 0 Å². The third kappa shape index (κ3) is 6.83. The molecule has 6 nitrogen and oxygen atoms in total. The van der Waals surface area contributed by atoms with Crippen LogP contribution in [0.4, 0.5) is 32.4 Å². The van der Waals surface area contributed by atoms with Crippen LogP contribution in [0, 0.1) is 5.92 Å². The Morgan fingerprint density at radius 2 is 1.74 bits per heavy atom. The Labute approximate surface area is 199 Å². The van der Waals surface area contributed by atoms with E-state index in [1.165, 1.54) is 4.90 Å². The fourth-order valence-corrected chi connectivity index (χ4v) is 3.97. The van der Waals surface area contributed by atoms with E-state index in [2.05, 4.69) is 10.1 Å². The third-order valence-electron chi connectivity index (χ3n) is 5.85. The number of halogens is 5. The molecule has 3 rings (SSSR count). The summed E-state index contributed by atoms with van der Waals surface area (Å²) in [6, 6.07) is 9.85. The molecule has 1 amide bonds.